The van der Waals surface area contributed by atoms with Crippen LogP contribution in [0.25, 0.3) is 21.7 Å². The summed E-state index contributed by atoms with van der Waals surface area (Å²) in [6, 6.07) is 21.9. The molecule has 4 rings (SSSR count). The summed E-state index contributed by atoms with van der Waals surface area (Å²) in [5.41, 5.74) is 5.84. The lowest BCUT2D eigenvalue weighted by molar-refractivity contribution is 0.0940. The van der Waals surface area contributed by atoms with Crippen molar-refractivity contribution in [3.05, 3.63) is 95.0 Å². The van der Waals surface area contributed by atoms with E-state index in [4.69, 9.17) is 4.74 Å². The molecular formula is C26H24N2O2S. The van der Waals surface area contributed by atoms with E-state index in [0.29, 0.717) is 5.56 Å². The summed E-state index contributed by atoms with van der Waals surface area (Å²) in [6.07, 6.45) is 1.78. The van der Waals surface area contributed by atoms with Crippen LogP contribution in [0.15, 0.2) is 78.3 Å². The first-order chi connectivity index (χ1) is 15.0. The van der Waals surface area contributed by atoms with Crippen LogP contribution >= 0.6 is 11.3 Å². The molecule has 0 radical (unpaired) electrons. The van der Waals surface area contributed by atoms with Gasteiger partial charge in [-0.05, 0) is 60.9 Å². The lowest BCUT2D eigenvalue weighted by Crippen LogP contribution is -2.26. The van der Waals surface area contributed by atoms with Gasteiger partial charge in [0, 0.05) is 22.7 Å². The number of aryl methyl sites for hydroxylation is 1. The van der Waals surface area contributed by atoms with Crippen molar-refractivity contribution in [2.45, 2.75) is 19.9 Å². The third-order valence-electron chi connectivity index (χ3n) is 5.22. The molecule has 0 saturated heterocycles. The monoisotopic (exact) mass is 428 g/mol. The Morgan fingerprint density at radius 2 is 1.68 bits per heavy atom. The molecule has 0 unspecified atom stereocenters. The Kier molecular flexibility index (Phi) is 6.14. The number of hydrogen-bond donors (Lipinski definition) is 1. The van der Waals surface area contributed by atoms with Crippen molar-refractivity contribution in [1.82, 2.24) is 10.3 Å². The molecule has 0 aliphatic rings. The first kappa shape index (κ1) is 20.8. The molecule has 1 heterocycles. The topological polar surface area (TPSA) is 51.2 Å². The maximum absolute atomic E-state index is 13.2. The largest absolute Gasteiger partial charge is 0.497 e. The number of nitrogens with zero attached hydrogens (tertiary/aromatic N) is 1. The van der Waals surface area contributed by atoms with E-state index in [-0.39, 0.29) is 11.9 Å². The van der Waals surface area contributed by atoms with Crippen LogP contribution in [0.4, 0.5) is 0 Å². The summed E-state index contributed by atoms with van der Waals surface area (Å²) in [4.78, 5) is 17.6. The summed E-state index contributed by atoms with van der Waals surface area (Å²) < 4.78 is 5.22. The van der Waals surface area contributed by atoms with Gasteiger partial charge in [0.15, 0.2) is 0 Å². The van der Waals surface area contributed by atoms with Crippen LogP contribution in [0.5, 0.6) is 5.75 Å². The van der Waals surface area contributed by atoms with Crippen LogP contribution < -0.4 is 10.1 Å². The molecular weight excluding hydrogens is 404 g/mol. The van der Waals surface area contributed by atoms with Gasteiger partial charge in [-0.3, -0.25) is 4.79 Å². The van der Waals surface area contributed by atoms with E-state index < -0.39 is 0 Å². The fourth-order valence-corrected chi connectivity index (χ4v) is 4.04. The average molecular weight is 429 g/mol. The summed E-state index contributed by atoms with van der Waals surface area (Å²) in [5, 5.41) is 5.95. The SMILES string of the molecule is COc1ccc([C@@H](C)NC(=O)c2cc(-c3ccc(C)cc3)cc(-c3nccs3)c2)cc1. The van der Waals surface area contributed by atoms with Gasteiger partial charge in [-0.15, -0.1) is 11.3 Å². The molecule has 0 fully saturated rings. The lowest BCUT2D eigenvalue weighted by Gasteiger charge is -2.16. The lowest BCUT2D eigenvalue weighted by atomic mass is 9.98. The van der Waals surface area contributed by atoms with Crippen molar-refractivity contribution in [3.8, 4) is 27.4 Å². The molecule has 0 aliphatic carbocycles. The molecule has 0 spiro atoms. The van der Waals surface area contributed by atoms with E-state index >= 15 is 0 Å². The maximum atomic E-state index is 13.2. The zero-order valence-corrected chi connectivity index (χ0v) is 18.6. The van der Waals surface area contributed by atoms with Gasteiger partial charge in [0.25, 0.3) is 5.91 Å². The van der Waals surface area contributed by atoms with Crippen LogP contribution in [-0.4, -0.2) is 18.0 Å². The predicted octanol–water partition coefficient (Wildman–Crippen LogP) is 6.29. The first-order valence-corrected chi connectivity index (χ1v) is 11.0. The Morgan fingerprint density at radius 3 is 2.32 bits per heavy atom. The molecule has 4 aromatic rings. The molecule has 3 aromatic carbocycles. The third kappa shape index (κ3) is 4.84. The first-order valence-electron chi connectivity index (χ1n) is 10.1. The molecule has 1 amide bonds. The van der Waals surface area contributed by atoms with Crippen molar-refractivity contribution in [1.29, 1.82) is 0 Å². The molecule has 1 N–H and O–H groups in total. The minimum atomic E-state index is -0.134. The van der Waals surface area contributed by atoms with Gasteiger partial charge in [-0.1, -0.05) is 42.0 Å². The highest BCUT2D eigenvalue weighted by atomic mass is 32.1. The Morgan fingerprint density at radius 1 is 0.968 bits per heavy atom. The van der Waals surface area contributed by atoms with E-state index in [2.05, 4.69) is 47.6 Å². The fourth-order valence-electron chi connectivity index (χ4n) is 3.42. The van der Waals surface area contributed by atoms with Crippen molar-refractivity contribution in [3.63, 3.8) is 0 Å². The maximum Gasteiger partial charge on any atom is 0.251 e. The van der Waals surface area contributed by atoms with Gasteiger partial charge in [0.2, 0.25) is 0 Å². The number of ether oxygens (including phenoxy) is 1. The molecule has 0 bridgehead atoms. The van der Waals surface area contributed by atoms with Gasteiger partial charge in [0.1, 0.15) is 10.8 Å². The smallest absolute Gasteiger partial charge is 0.251 e. The van der Waals surface area contributed by atoms with Gasteiger partial charge >= 0.3 is 0 Å². The average Bonchev–Trinajstić information content (AvgIpc) is 3.34. The van der Waals surface area contributed by atoms with E-state index in [1.54, 1.807) is 24.6 Å². The normalized spacial score (nSPS) is 11.7. The van der Waals surface area contributed by atoms with Crippen LogP contribution in [0.2, 0.25) is 0 Å². The number of rotatable bonds is 6. The Balaban J connectivity index is 1.65. The summed E-state index contributed by atoms with van der Waals surface area (Å²) in [7, 11) is 1.64. The van der Waals surface area contributed by atoms with Crippen molar-refractivity contribution in [2.24, 2.45) is 0 Å². The standard InChI is InChI=1S/C26H24N2O2S/c1-17-4-6-20(7-5-17)21-14-22(16-23(15-21)26-27-12-13-31-26)25(29)28-18(2)19-8-10-24(30-3)11-9-19/h4-16,18H,1-3H3,(H,28,29)/t18-/m1/s1. The summed E-state index contributed by atoms with van der Waals surface area (Å²) in [6.45, 7) is 4.04. The van der Waals surface area contributed by atoms with E-state index in [1.165, 1.54) is 5.56 Å². The number of methoxy groups -OCH3 is 1. The second kappa shape index (κ2) is 9.14. The van der Waals surface area contributed by atoms with Gasteiger partial charge in [-0.2, -0.15) is 0 Å². The second-order valence-corrected chi connectivity index (χ2v) is 8.37. The van der Waals surface area contributed by atoms with Gasteiger partial charge in [-0.25, -0.2) is 4.98 Å². The number of benzene rings is 3. The molecule has 4 nitrogen and oxygen atoms in total. The molecule has 156 valence electrons. The molecule has 1 atom stereocenters. The van der Waals surface area contributed by atoms with Crippen molar-refractivity contribution >= 4 is 17.2 Å². The molecule has 31 heavy (non-hydrogen) atoms. The highest BCUT2D eigenvalue weighted by Crippen LogP contribution is 2.30. The molecule has 0 aliphatic heterocycles. The third-order valence-corrected chi connectivity index (χ3v) is 6.04. The number of thiazole rings is 1. The van der Waals surface area contributed by atoms with E-state index in [1.807, 2.05) is 48.7 Å². The Hall–Kier alpha value is -3.44. The highest BCUT2D eigenvalue weighted by molar-refractivity contribution is 7.13. The van der Waals surface area contributed by atoms with E-state index in [9.17, 15) is 4.79 Å². The predicted molar refractivity (Wildman–Crippen MR) is 127 cm³/mol. The van der Waals surface area contributed by atoms with Gasteiger partial charge < -0.3 is 10.1 Å². The van der Waals surface area contributed by atoms with Crippen LogP contribution in [0.1, 0.15) is 34.5 Å². The molecule has 0 saturated carbocycles. The number of hydrogen-bond acceptors (Lipinski definition) is 4. The number of carbonyl (C=O) groups is 1. The zero-order chi connectivity index (χ0) is 21.8. The Bertz CT molecular complexity index is 1170. The highest BCUT2D eigenvalue weighted by Gasteiger charge is 2.15. The molecule has 1 aromatic heterocycles. The van der Waals surface area contributed by atoms with E-state index in [0.717, 1.165) is 33.0 Å². The number of amides is 1. The summed E-state index contributed by atoms with van der Waals surface area (Å²) >= 11 is 1.56. The second-order valence-electron chi connectivity index (χ2n) is 7.47. The quantitative estimate of drug-likeness (QED) is 0.393. The van der Waals surface area contributed by atoms with Crippen molar-refractivity contribution in [2.75, 3.05) is 7.11 Å². The fraction of sp³-hybridized carbons (Fsp3) is 0.154. The van der Waals surface area contributed by atoms with Gasteiger partial charge in [0.05, 0.1) is 13.2 Å². The van der Waals surface area contributed by atoms with Crippen LogP contribution in [-0.2, 0) is 0 Å². The number of nitrogens with one attached hydrogen (secondary N) is 1. The van der Waals surface area contributed by atoms with Crippen LogP contribution in [0, 0.1) is 6.92 Å². The number of aromatic nitrogens is 1. The zero-order valence-electron chi connectivity index (χ0n) is 17.8. The summed E-state index contributed by atoms with van der Waals surface area (Å²) in [5.74, 6) is 0.677. The molecule has 5 heteroatoms. The Labute approximate surface area is 186 Å². The van der Waals surface area contributed by atoms with Crippen LogP contribution in [0.3, 0.4) is 0 Å². The minimum absolute atomic E-state index is 0.116. The minimum Gasteiger partial charge on any atom is -0.497 e. The number of carbonyl (C=O) groups excluding carboxylic acids is 1. The van der Waals surface area contributed by atoms with Crippen molar-refractivity contribution < 1.29 is 9.53 Å².